The van der Waals surface area contributed by atoms with Crippen LogP contribution in [0.5, 0.6) is 0 Å². The van der Waals surface area contributed by atoms with Crippen LogP contribution in [0.3, 0.4) is 0 Å². The van der Waals surface area contributed by atoms with Crippen molar-refractivity contribution in [1.82, 2.24) is 0 Å². The Bertz CT molecular complexity index is 3120. The fourth-order valence-electron chi connectivity index (χ4n) is 5.82. The Labute approximate surface area is 323 Å². The molecular weight excluding hydrogens is 801 g/mol. The van der Waals surface area contributed by atoms with E-state index in [9.17, 15) is 48.5 Å². The lowest BCUT2D eigenvalue weighted by Gasteiger charge is -2.17. The normalized spacial score (nSPS) is 14.1. The van der Waals surface area contributed by atoms with Gasteiger partial charge in [0.1, 0.15) is 15.5 Å². The maximum Gasteiger partial charge on any atom is 0.323 e. The zero-order valence-electron chi connectivity index (χ0n) is 28.7. The predicted molar refractivity (Wildman–Crippen MR) is 212 cm³/mol. The van der Waals surface area contributed by atoms with E-state index < -0.39 is 57.7 Å². The molecule has 0 aromatic heterocycles. The largest absolute Gasteiger partial charge is 0.323 e. The van der Waals surface area contributed by atoms with Crippen LogP contribution in [0.1, 0.15) is 15.9 Å². The molecule has 0 atom stereocenters. The molecule has 6 aromatic rings. The van der Waals surface area contributed by atoms with Crippen molar-refractivity contribution in [2.24, 2.45) is 15.3 Å². The van der Waals surface area contributed by atoms with E-state index in [1.165, 1.54) is 78.9 Å². The topological polar surface area (TPSA) is 270 Å². The lowest BCUT2D eigenvalue weighted by atomic mass is 9.94. The summed E-state index contributed by atoms with van der Waals surface area (Å²) in [4.78, 5) is 24.9. The molecule has 0 fully saturated rings. The first-order valence-electron chi connectivity index (χ1n) is 16.3. The lowest BCUT2D eigenvalue weighted by molar-refractivity contribution is 0.106. The van der Waals surface area contributed by atoms with E-state index >= 15 is 0 Å². The molecule has 0 spiro atoms. The van der Waals surface area contributed by atoms with E-state index in [0.717, 1.165) is 6.08 Å². The van der Waals surface area contributed by atoms with Gasteiger partial charge in [-0.15, -0.1) is 5.11 Å². The Morgan fingerprint density at radius 2 is 1.19 bits per heavy atom. The zero-order chi connectivity index (χ0) is 40.7. The van der Waals surface area contributed by atoms with Gasteiger partial charge < -0.3 is 10.6 Å². The number of Topliss-reactive ketones (excluding diaryl/α,β-unsaturated/α-hetero) is 1. The summed E-state index contributed by atoms with van der Waals surface area (Å²) in [6, 6.07) is 27.3. The minimum absolute atomic E-state index is 0.00277. The molecular formula is C37H26N6O11S3. The van der Waals surface area contributed by atoms with E-state index in [0.29, 0.717) is 27.2 Å². The number of fused-ring (bicyclic) bond motifs is 3. The van der Waals surface area contributed by atoms with Crippen molar-refractivity contribution in [2.45, 2.75) is 9.79 Å². The number of ketones is 1. The quantitative estimate of drug-likeness (QED) is 0.0472. The highest BCUT2D eigenvalue weighted by atomic mass is 32.2. The van der Waals surface area contributed by atoms with Gasteiger partial charge in [-0.05, 0) is 112 Å². The van der Waals surface area contributed by atoms with Crippen LogP contribution in [-0.2, 0) is 30.4 Å². The van der Waals surface area contributed by atoms with Crippen molar-refractivity contribution < 1.29 is 48.5 Å². The summed E-state index contributed by atoms with van der Waals surface area (Å²) in [7, 11) is -14.2. The number of hydrazone groups is 1. The van der Waals surface area contributed by atoms with Crippen molar-refractivity contribution >= 4 is 104 Å². The second kappa shape index (κ2) is 14.8. The number of amides is 2. The van der Waals surface area contributed by atoms with Crippen molar-refractivity contribution in [3.05, 3.63) is 131 Å². The van der Waals surface area contributed by atoms with E-state index in [1.54, 1.807) is 36.4 Å². The molecule has 1 aliphatic carbocycles. The number of nitrogens with zero attached hydrogens (tertiary/aromatic N) is 3. The van der Waals surface area contributed by atoms with Gasteiger partial charge in [0.15, 0.2) is 5.71 Å². The van der Waals surface area contributed by atoms with Gasteiger partial charge in [0, 0.05) is 16.9 Å². The van der Waals surface area contributed by atoms with Crippen molar-refractivity contribution in [2.75, 3.05) is 16.1 Å². The van der Waals surface area contributed by atoms with Gasteiger partial charge in [-0.25, -0.2) is 4.79 Å². The lowest BCUT2D eigenvalue weighted by Crippen LogP contribution is -2.27. The summed E-state index contributed by atoms with van der Waals surface area (Å²) >= 11 is 0. The summed E-state index contributed by atoms with van der Waals surface area (Å²) in [5.74, 6) is -0.868. The number of urea groups is 1. The number of carbonyl (C=O) groups excluding carboxylic acids is 2. The van der Waals surface area contributed by atoms with E-state index in [1.807, 2.05) is 0 Å². The SMILES string of the molecule is O=C(Nc1ccc2c(c1)C=C(S(=O)(=O)O)C(=NNc1ccc3cc(S(=O)(=O)O)ccc3c1)C2=O)Nc1ccc2cc(N=Nc3ccccc3)c(S(=O)(=O)O)cc2c1. The van der Waals surface area contributed by atoms with Gasteiger partial charge in [0.05, 0.1) is 16.3 Å². The molecule has 0 radical (unpaired) electrons. The molecule has 2 amide bonds. The fourth-order valence-corrected chi connectivity index (χ4v) is 7.63. The number of hydrogen-bond acceptors (Lipinski definition) is 12. The Morgan fingerprint density at radius 1 is 0.579 bits per heavy atom. The molecule has 0 aliphatic heterocycles. The Kier molecular flexibility index (Phi) is 9.99. The maximum atomic E-state index is 13.5. The second-order valence-corrected chi connectivity index (χ2v) is 16.6. The third-order valence-electron chi connectivity index (χ3n) is 8.46. The average Bonchev–Trinajstić information content (AvgIpc) is 3.15. The van der Waals surface area contributed by atoms with Crippen LogP contribution in [0.15, 0.2) is 145 Å². The number of anilines is 3. The number of rotatable bonds is 9. The maximum absolute atomic E-state index is 13.5. The number of hydrogen-bond donors (Lipinski definition) is 6. The Morgan fingerprint density at radius 3 is 1.88 bits per heavy atom. The molecule has 0 heterocycles. The molecule has 0 saturated heterocycles. The molecule has 17 nitrogen and oxygen atoms in total. The summed E-state index contributed by atoms with van der Waals surface area (Å²) in [6.45, 7) is 0. The molecule has 0 saturated carbocycles. The van der Waals surface area contributed by atoms with Gasteiger partial charge in [-0.1, -0.05) is 36.4 Å². The van der Waals surface area contributed by atoms with Crippen LogP contribution in [-0.4, -0.2) is 56.4 Å². The molecule has 0 bridgehead atoms. The summed E-state index contributed by atoms with van der Waals surface area (Å²) in [5, 5.41) is 19.0. The third kappa shape index (κ3) is 8.60. The van der Waals surface area contributed by atoms with Crippen LogP contribution in [0.4, 0.5) is 33.2 Å². The number of allylic oxidation sites excluding steroid dienone is 1. The minimum Gasteiger partial charge on any atom is -0.308 e. The summed E-state index contributed by atoms with van der Waals surface area (Å²) in [6.07, 6.45) is 1.01. The van der Waals surface area contributed by atoms with Crippen LogP contribution >= 0.6 is 0 Å². The molecule has 57 heavy (non-hydrogen) atoms. The number of nitrogens with one attached hydrogen (secondary N) is 3. The first-order valence-corrected chi connectivity index (χ1v) is 20.6. The van der Waals surface area contributed by atoms with Gasteiger partial charge in [0.2, 0.25) is 5.78 Å². The summed E-state index contributed by atoms with van der Waals surface area (Å²) in [5.41, 5.74) is 2.95. The van der Waals surface area contributed by atoms with E-state index in [4.69, 9.17) is 0 Å². The van der Waals surface area contributed by atoms with Gasteiger partial charge in [-0.2, -0.15) is 35.5 Å². The Balaban J connectivity index is 1.10. The van der Waals surface area contributed by atoms with Crippen molar-refractivity contribution in [1.29, 1.82) is 0 Å². The standard InChI is InChI=1S/C37H26N6O11S3/c44-36-31-13-11-28(16-25(31)20-34(57(52,53)54)35(36)43-41-29-10-7-22-17-30(55(46,47)48)12-8-21(22)14-29)39-37(45)38-27-9-6-23-18-32(42-40-26-4-2-1-3-5-26)33(56(49,50)51)19-24(23)15-27/h1-20,41H,(H2,38,39,45)(H,46,47,48)(H,49,50,51)(H,52,53,54). The van der Waals surface area contributed by atoms with Crippen LogP contribution in [0.25, 0.3) is 27.6 Å². The first kappa shape index (κ1) is 38.6. The summed E-state index contributed by atoms with van der Waals surface area (Å²) < 4.78 is 101. The van der Waals surface area contributed by atoms with Gasteiger partial charge in [-0.3, -0.25) is 23.9 Å². The molecule has 6 aromatic carbocycles. The van der Waals surface area contributed by atoms with Crippen molar-refractivity contribution in [3.63, 3.8) is 0 Å². The fraction of sp³-hybridized carbons (Fsp3) is 0. The van der Waals surface area contributed by atoms with Gasteiger partial charge in [0.25, 0.3) is 30.4 Å². The highest BCUT2D eigenvalue weighted by molar-refractivity contribution is 7.91. The first-order chi connectivity index (χ1) is 26.9. The third-order valence-corrected chi connectivity index (χ3v) is 11.1. The highest BCUT2D eigenvalue weighted by Crippen LogP contribution is 2.33. The molecule has 0 unspecified atom stereocenters. The molecule has 7 rings (SSSR count). The smallest absolute Gasteiger partial charge is 0.308 e. The van der Waals surface area contributed by atoms with E-state index in [-0.39, 0.29) is 38.8 Å². The van der Waals surface area contributed by atoms with Crippen molar-refractivity contribution in [3.8, 4) is 0 Å². The molecule has 6 N–H and O–H groups in total. The zero-order valence-corrected chi connectivity index (χ0v) is 31.2. The average molecular weight is 827 g/mol. The molecule has 288 valence electrons. The monoisotopic (exact) mass is 826 g/mol. The predicted octanol–water partition coefficient (Wildman–Crippen LogP) is 7.44. The number of azo groups is 1. The number of benzene rings is 6. The van der Waals surface area contributed by atoms with Crippen LogP contribution < -0.4 is 16.1 Å². The second-order valence-electron chi connectivity index (χ2n) is 12.4. The minimum atomic E-state index is -5.01. The van der Waals surface area contributed by atoms with Crippen LogP contribution in [0.2, 0.25) is 0 Å². The molecule has 20 heteroatoms. The Hall–Kier alpha value is -6.68. The van der Waals surface area contributed by atoms with Crippen LogP contribution in [0, 0.1) is 0 Å². The number of carbonyl (C=O) groups is 2. The highest BCUT2D eigenvalue weighted by Gasteiger charge is 2.33. The van der Waals surface area contributed by atoms with Gasteiger partial charge >= 0.3 is 6.03 Å². The molecule has 1 aliphatic rings. The van der Waals surface area contributed by atoms with E-state index in [2.05, 4.69) is 31.4 Å².